The SMILES string of the molecule is CCOC(=O)c1c(NC(=O)CN2CCN(c3ccccc3OC)CC2)sc2c1CCCC2. The number of nitrogens with one attached hydrogen (secondary N) is 1. The first kappa shape index (κ1) is 22.6. The van der Waals surface area contributed by atoms with Crippen molar-refractivity contribution in [3.63, 3.8) is 0 Å². The average molecular weight is 458 g/mol. The van der Waals surface area contributed by atoms with Crippen LogP contribution in [0.2, 0.25) is 0 Å². The molecule has 172 valence electrons. The van der Waals surface area contributed by atoms with Crippen LogP contribution in [0.5, 0.6) is 5.75 Å². The summed E-state index contributed by atoms with van der Waals surface area (Å²) in [5.41, 5.74) is 2.73. The Hall–Kier alpha value is -2.58. The second-order valence-electron chi connectivity index (χ2n) is 8.12. The standard InChI is InChI=1S/C24H31N3O4S/c1-3-31-24(29)22-17-8-4-7-11-20(17)32-23(22)25-21(28)16-26-12-14-27(15-13-26)18-9-5-6-10-19(18)30-2/h5-6,9-10H,3-4,7-8,11-16H2,1-2H3,(H,25,28). The number of benzene rings is 1. The summed E-state index contributed by atoms with van der Waals surface area (Å²) in [5, 5.41) is 3.67. The van der Waals surface area contributed by atoms with Gasteiger partial charge in [0.15, 0.2) is 0 Å². The van der Waals surface area contributed by atoms with E-state index in [0.717, 1.165) is 68.9 Å². The van der Waals surface area contributed by atoms with Gasteiger partial charge in [-0.3, -0.25) is 9.69 Å². The third-order valence-corrected chi connectivity index (χ3v) is 7.28. The fraction of sp³-hybridized carbons (Fsp3) is 0.500. The first-order chi connectivity index (χ1) is 15.6. The zero-order valence-corrected chi connectivity index (χ0v) is 19.6. The molecule has 0 unspecified atom stereocenters. The summed E-state index contributed by atoms with van der Waals surface area (Å²) in [7, 11) is 1.69. The molecule has 1 aliphatic carbocycles. The number of thiophene rings is 1. The van der Waals surface area contributed by atoms with Gasteiger partial charge in [-0.15, -0.1) is 11.3 Å². The molecule has 0 saturated carbocycles. The van der Waals surface area contributed by atoms with Gasteiger partial charge >= 0.3 is 5.97 Å². The van der Waals surface area contributed by atoms with Crippen molar-refractivity contribution in [3.05, 3.63) is 40.3 Å². The van der Waals surface area contributed by atoms with E-state index in [1.165, 1.54) is 16.2 Å². The lowest BCUT2D eigenvalue weighted by atomic mass is 9.95. The van der Waals surface area contributed by atoms with Crippen LogP contribution in [0, 0.1) is 0 Å². The van der Waals surface area contributed by atoms with Crippen molar-refractivity contribution >= 4 is 33.9 Å². The third kappa shape index (κ3) is 4.91. The van der Waals surface area contributed by atoms with Crippen LogP contribution >= 0.6 is 11.3 Å². The van der Waals surface area contributed by atoms with E-state index in [4.69, 9.17) is 9.47 Å². The van der Waals surface area contributed by atoms with E-state index in [-0.39, 0.29) is 11.9 Å². The Labute approximate surface area is 193 Å². The van der Waals surface area contributed by atoms with Gasteiger partial charge in [-0.1, -0.05) is 12.1 Å². The third-order valence-electron chi connectivity index (χ3n) is 6.07. The molecule has 4 rings (SSSR count). The number of carbonyl (C=O) groups is 2. The van der Waals surface area contributed by atoms with Gasteiger partial charge in [-0.25, -0.2) is 4.79 Å². The van der Waals surface area contributed by atoms with Gasteiger partial charge < -0.3 is 19.7 Å². The van der Waals surface area contributed by atoms with Gasteiger partial charge in [0.25, 0.3) is 0 Å². The molecule has 0 bridgehead atoms. The minimum Gasteiger partial charge on any atom is -0.495 e. The monoisotopic (exact) mass is 457 g/mol. The lowest BCUT2D eigenvalue weighted by Crippen LogP contribution is -2.48. The zero-order valence-electron chi connectivity index (χ0n) is 18.8. The molecule has 2 heterocycles. The van der Waals surface area contributed by atoms with Crippen molar-refractivity contribution in [1.29, 1.82) is 0 Å². The Morgan fingerprint density at radius 3 is 2.59 bits per heavy atom. The first-order valence-electron chi connectivity index (χ1n) is 11.3. The van der Waals surface area contributed by atoms with E-state index in [2.05, 4.69) is 21.2 Å². The summed E-state index contributed by atoms with van der Waals surface area (Å²) in [4.78, 5) is 31.1. The maximum Gasteiger partial charge on any atom is 0.341 e. The molecule has 32 heavy (non-hydrogen) atoms. The number of ether oxygens (including phenoxy) is 2. The Bertz CT molecular complexity index is 966. The molecule has 0 spiro atoms. The Morgan fingerprint density at radius 2 is 1.84 bits per heavy atom. The van der Waals surface area contributed by atoms with E-state index in [9.17, 15) is 9.59 Å². The number of methoxy groups -OCH3 is 1. The highest BCUT2D eigenvalue weighted by atomic mass is 32.1. The zero-order chi connectivity index (χ0) is 22.5. The molecule has 1 fully saturated rings. The van der Waals surface area contributed by atoms with Crippen LogP contribution in [0.15, 0.2) is 24.3 Å². The molecule has 1 saturated heterocycles. The maximum absolute atomic E-state index is 12.8. The lowest BCUT2D eigenvalue weighted by molar-refractivity contribution is -0.117. The normalized spacial score (nSPS) is 16.4. The number of nitrogens with zero attached hydrogens (tertiary/aromatic N) is 2. The number of aryl methyl sites for hydroxylation is 1. The van der Waals surface area contributed by atoms with Gasteiger partial charge in [0.1, 0.15) is 10.8 Å². The molecule has 0 radical (unpaired) electrons. The van der Waals surface area contributed by atoms with Crippen molar-refractivity contribution < 1.29 is 19.1 Å². The average Bonchev–Trinajstić information content (AvgIpc) is 3.17. The van der Waals surface area contributed by atoms with Gasteiger partial charge in [-0.05, 0) is 50.3 Å². The lowest BCUT2D eigenvalue weighted by Gasteiger charge is -2.36. The minimum atomic E-state index is -0.326. The van der Waals surface area contributed by atoms with Crippen molar-refractivity contribution in [2.24, 2.45) is 0 Å². The van der Waals surface area contributed by atoms with Crippen molar-refractivity contribution in [1.82, 2.24) is 4.90 Å². The summed E-state index contributed by atoms with van der Waals surface area (Å²) in [6.07, 6.45) is 4.04. The van der Waals surface area contributed by atoms with Gasteiger partial charge in [0.2, 0.25) is 5.91 Å². The number of piperazine rings is 1. The summed E-state index contributed by atoms with van der Waals surface area (Å²) in [6.45, 7) is 5.68. The molecule has 2 aliphatic rings. The summed E-state index contributed by atoms with van der Waals surface area (Å²) in [5.74, 6) is 0.458. The van der Waals surface area contributed by atoms with Crippen molar-refractivity contribution in [2.75, 3.05) is 56.7 Å². The molecule has 8 heteroatoms. The summed E-state index contributed by atoms with van der Waals surface area (Å²) >= 11 is 1.53. The molecule has 1 aliphatic heterocycles. The number of carbonyl (C=O) groups excluding carboxylic acids is 2. The number of fused-ring (bicyclic) bond motifs is 1. The Morgan fingerprint density at radius 1 is 1.09 bits per heavy atom. The second kappa shape index (κ2) is 10.4. The molecule has 2 aromatic rings. The maximum atomic E-state index is 12.8. The first-order valence-corrected chi connectivity index (χ1v) is 12.1. The van der Waals surface area contributed by atoms with Crippen LogP contribution in [0.1, 0.15) is 40.6 Å². The van der Waals surface area contributed by atoms with Crippen LogP contribution in [0.4, 0.5) is 10.7 Å². The molecule has 1 aromatic heterocycles. The van der Waals surface area contributed by atoms with Crippen LogP contribution in [0.3, 0.4) is 0 Å². The number of rotatable bonds is 7. The minimum absolute atomic E-state index is 0.0834. The van der Waals surface area contributed by atoms with Crippen LogP contribution in [-0.4, -0.2) is 63.2 Å². The van der Waals surface area contributed by atoms with Gasteiger partial charge in [0, 0.05) is 31.1 Å². The number of esters is 1. The molecular formula is C24H31N3O4S. The van der Waals surface area contributed by atoms with E-state index in [0.29, 0.717) is 23.7 Å². The molecule has 7 nitrogen and oxygen atoms in total. The van der Waals surface area contributed by atoms with E-state index in [1.54, 1.807) is 14.0 Å². The predicted octanol–water partition coefficient (Wildman–Crippen LogP) is 3.57. The Kier molecular flexibility index (Phi) is 7.32. The van der Waals surface area contributed by atoms with Crippen LogP contribution in [-0.2, 0) is 22.4 Å². The van der Waals surface area contributed by atoms with Gasteiger partial charge in [0.05, 0.1) is 31.5 Å². The predicted molar refractivity (Wildman–Crippen MR) is 127 cm³/mol. The number of anilines is 2. The van der Waals surface area contributed by atoms with Crippen LogP contribution < -0.4 is 15.0 Å². The van der Waals surface area contributed by atoms with E-state index >= 15 is 0 Å². The van der Waals surface area contributed by atoms with Gasteiger partial charge in [-0.2, -0.15) is 0 Å². The van der Waals surface area contributed by atoms with E-state index in [1.807, 2.05) is 18.2 Å². The molecule has 1 N–H and O–H groups in total. The smallest absolute Gasteiger partial charge is 0.341 e. The summed E-state index contributed by atoms with van der Waals surface area (Å²) < 4.78 is 10.8. The molecular weight excluding hydrogens is 426 g/mol. The number of hydrogen-bond donors (Lipinski definition) is 1. The molecule has 0 atom stereocenters. The quantitative estimate of drug-likeness (QED) is 0.641. The topological polar surface area (TPSA) is 71.1 Å². The highest BCUT2D eigenvalue weighted by molar-refractivity contribution is 7.17. The Balaban J connectivity index is 1.38. The number of para-hydroxylation sites is 2. The fourth-order valence-corrected chi connectivity index (χ4v) is 5.77. The van der Waals surface area contributed by atoms with Crippen molar-refractivity contribution in [3.8, 4) is 5.75 Å². The largest absolute Gasteiger partial charge is 0.495 e. The molecule has 1 amide bonds. The number of hydrogen-bond acceptors (Lipinski definition) is 7. The van der Waals surface area contributed by atoms with Crippen molar-refractivity contribution in [2.45, 2.75) is 32.6 Å². The van der Waals surface area contributed by atoms with Crippen LogP contribution in [0.25, 0.3) is 0 Å². The highest BCUT2D eigenvalue weighted by Crippen LogP contribution is 2.38. The number of amides is 1. The van der Waals surface area contributed by atoms with E-state index < -0.39 is 0 Å². The molecule has 1 aromatic carbocycles. The summed E-state index contributed by atoms with van der Waals surface area (Å²) in [6, 6.07) is 8.02. The second-order valence-corrected chi connectivity index (χ2v) is 9.22. The highest BCUT2D eigenvalue weighted by Gasteiger charge is 2.28. The fourth-order valence-electron chi connectivity index (χ4n) is 4.48.